The van der Waals surface area contributed by atoms with Crippen molar-refractivity contribution in [3.05, 3.63) is 82.9 Å². The fourth-order valence-corrected chi connectivity index (χ4v) is 7.13. The smallest absolute Gasteiger partial charge is 0.243 e. The molecular formula is C30H34N6O4S2. The normalized spacial score (nSPS) is 23.7. The molecule has 4 atom stereocenters. The number of hydrogen-bond donors (Lipinski definition) is 4. The standard InChI is InChI=1S/C30H34N6O4S2/c31-26(37)24-18-41-16-21-17-42-30(32-21)36-13-7-12-25(36)29(40)34-23(15-20-10-5-2-6-11-20)27(38)33-22(28(39)35-24)14-19-8-3-1-4-9-19/h1-6,8-11,17,22-25H,7,12-16,18H2,(H2,31,37)(H,33,38)(H,34,40)(H,35,39)/t22-,23-,24-,25-/m0/s1. The molecule has 2 aliphatic rings. The number of rotatable bonds is 5. The highest BCUT2D eigenvalue weighted by Gasteiger charge is 2.36. The van der Waals surface area contributed by atoms with Crippen molar-refractivity contribution in [3.8, 4) is 0 Å². The van der Waals surface area contributed by atoms with Gasteiger partial charge in [0, 0.05) is 36.3 Å². The molecule has 1 fully saturated rings. The van der Waals surface area contributed by atoms with Crippen LogP contribution < -0.4 is 26.6 Å². The van der Waals surface area contributed by atoms with Gasteiger partial charge in [0.05, 0.1) is 5.69 Å². The molecule has 2 aliphatic heterocycles. The minimum Gasteiger partial charge on any atom is -0.368 e. The zero-order valence-corrected chi connectivity index (χ0v) is 24.7. The SMILES string of the molecule is NC(=O)[C@@H]1CSCc2csc(n2)N2CCC[C@H]2C(=O)N[C@@H](Cc2ccccc2)C(=O)N[C@@H](Cc2ccccc2)C(=O)N1. The summed E-state index contributed by atoms with van der Waals surface area (Å²) in [7, 11) is 0. The van der Waals surface area contributed by atoms with E-state index in [1.54, 1.807) is 0 Å². The quantitative estimate of drug-likeness (QED) is 0.346. The van der Waals surface area contributed by atoms with Crippen LogP contribution in [0.5, 0.6) is 0 Å². The molecule has 0 radical (unpaired) electrons. The minimum absolute atomic E-state index is 0.195. The Balaban J connectivity index is 1.47. The van der Waals surface area contributed by atoms with Crippen molar-refractivity contribution < 1.29 is 19.2 Å². The Bertz CT molecular complexity index is 1400. The summed E-state index contributed by atoms with van der Waals surface area (Å²) in [5.74, 6) is -1.15. The fraction of sp³-hybridized carbons (Fsp3) is 0.367. The Morgan fingerprint density at radius 1 is 0.881 bits per heavy atom. The van der Waals surface area contributed by atoms with Crippen molar-refractivity contribution in [2.24, 2.45) is 5.73 Å². The minimum atomic E-state index is -0.999. The van der Waals surface area contributed by atoms with Gasteiger partial charge in [-0.2, -0.15) is 11.8 Å². The zero-order chi connectivity index (χ0) is 29.5. The molecular weight excluding hydrogens is 573 g/mol. The molecule has 2 bridgehead atoms. The van der Waals surface area contributed by atoms with Gasteiger partial charge in [0.25, 0.3) is 0 Å². The lowest BCUT2D eigenvalue weighted by molar-refractivity contribution is -0.133. The largest absolute Gasteiger partial charge is 0.368 e. The number of hydrogen-bond acceptors (Lipinski definition) is 8. The second-order valence-corrected chi connectivity index (χ2v) is 12.3. The molecule has 4 amide bonds. The predicted molar refractivity (Wildman–Crippen MR) is 164 cm³/mol. The van der Waals surface area contributed by atoms with Gasteiger partial charge < -0.3 is 26.6 Å². The monoisotopic (exact) mass is 606 g/mol. The highest BCUT2D eigenvalue weighted by Crippen LogP contribution is 2.30. The lowest BCUT2D eigenvalue weighted by atomic mass is 10.0. The number of primary amides is 1. The maximum Gasteiger partial charge on any atom is 0.243 e. The van der Waals surface area contributed by atoms with E-state index in [1.807, 2.05) is 70.9 Å². The highest BCUT2D eigenvalue weighted by molar-refractivity contribution is 7.98. The van der Waals surface area contributed by atoms with E-state index in [0.29, 0.717) is 18.7 Å². The number of anilines is 1. The molecule has 5 rings (SSSR count). The summed E-state index contributed by atoms with van der Waals surface area (Å²) in [6.45, 7) is 0.690. The van der Waals surface area contributed by atoms with Gasteiger partial charge in [-0.15, -0.1) is 11.3 Å². The van der Waals surface area contributed by atoms with Crippen LogP contribution >= 0.6 is 23.1 Å². The lowest BCUT2D eigenvalue weighted by Crippen LogP contribution is -2.59. The van der Waals surface area contributed by atoms with Gasteiger partial charge in [0.1, 0.15) is 24.2 Å². The third-order valence-electron chi connectivity index (χ3n) is 7.37. The van der Waals surface area contributed by atoms with E-state index in [1.165, 1.54) is 23.1 Å². The fourth-order valence-electron chi connectivity index (χ4n) is 5.17. The van der Waals surface area contributed by atoms with Crippen LogP contribution in [0.25, 0.3) is 0 Å². The van der Waals surface area contributed by atoms with Crippen LogP contribution in [-0.2, 0) is 37.8 Å². The number of fused-ring (bicyclic) bond motifs is 4. The first-order valence-corrected chi connectivity index (χ1v) is 16.0. The number of carbonyl (C=O) groups excluding carboxylic acids is 4. The van der Waals surface area contributed by atoms with Gasteiger partial charge in [0.2, 0.25) is 23.6 Å². The van der Waals surface area contributed by atoms with E-state index in [2.05, 4.69) is 16.0 Å². The van der Waals surface area contributed by atoms with E-state index >= 15 is 0 Å². The average Bonchev–Trinajstić information content (AvgIpc) is 3.66. The van der Waals surface area contributed by atoms with Crippen molar-refractivity contribution in [3.63, 3.8) is 0 Å². The second kappa shape index (κ2) is 13.8. The van der Waals surface area contributed by atoms with Crippen LogP contribution in [-0.4, -0.2) is 65.1 Å². The third-order valence-corrected chi connectivity index (χ3v) is 9.36. The number of nitrogens with zero attached hydrogens (tertiary/aromatic N) is 2. The number of thioether (sulfide) groups is 1. The maximum atomic E-state index is 13.8. The Hall–Kier alpha value is -3.90. The van der Waals surface area contributed by atoms with E-state index in [0.717, 1.165) is 28.4 Å². The molecule has 1 saturated heterocycles. The topological polar surface area (TPSA) is 147 Å². The van der Waals surface area contributed by atoms with Gasteiger partial charge in [-0.1, -0.05) is 60.7 Å². The molecule has 3 aromatic rings. The van der Waals surface area contributed by atoms with Crippen LogP contribution in [0.2, 0.25) is 0 Å². The van der Waals surface area contributed by atoms with Crippen molar-refractivity contribution >= 4 is 51.9 Å². The summed E-state index contributed by atoms with van der Waals surface area (Å²) in [5.41, 5.74) is 8.18. The van der Waals surface area contributed by atoms with Gasteiger partial charge in [-0.05, 0) is 24.0 Å². The molecule has 0 saturated carbocycles. The number of nitrogens with one attached hydrogen (secondary N) is 3. The van der Waals surface area contributed by atoms with Crippen LogP contribution in [0.15, 0.2) is 66.0 Å². The summed E-state index contributed by atoms with van der Waals surface area (Å²) >= 11 is 2.90. The van der Waals surface area contributed by atoms with E-state index < -0.39 is 41.9 Å². The van der Waals surface area contributed by atoms with Crippen LogP contribution in [0.3, 0.4) is 0 Å². The van der Waals surface area contributed by atoms with E-state index in [4.69, 9.17) is 10.7 Å². The number of benzene rings is 2. The number of carbonyl (C=O) groups is 4. The molecule has 3 heterocycles. The molecule has 220 valence electrons. The number of aromatic nitrogens is 1. The van der Waals surface area contributed by atoms with Crippen molar-refractivity contribution in [2.45, 2.75) is 55.6 Å². The van der Waals surface area contributed by atoms with Gasteiger partial charge in [0.15, 0.2) is 5.13 Å². The second-order valence-electron chi connectivity index (χ2n) is 10.5. The predicted octanol–water partition coefficient (Wildman–Crippen LogP) is 1.78. The first-order valence-electron chi connectivity index (χ1n) is 13.9. The van der Waals surface area contributed by atoms with Crippen LogP contribution in [0.4, 0.5) is 5.13 Å². The Morgan fingerprint density at radius 3 is 2.10 bits per heavy atom. The Morgan fingerprint density at radius 2 is 1.48 bits per heavy atom. The summed E-state index contributed by atoms with van der Waals surface area (Å²) < 4.78 is 0. The number of thiazole rings is 1. The van der Waals surface area contributed by atoms with Crippen molar-refractivity contribution in [1.29, 1.82) is 0 Å². The summed E-state index contributed by atoms with van der Waals surface area (Å²) in [4.78, 5) is 60.1. The molecule has 0 aliphatic carbocycles. The maximum absolute atomic E-state index is 13.8. The first-order chi connectivity index (χ1) is 20.4. The first kappa shape index (κ1) is 29.6. The Labute approximate surface area is 252 Å². The molecule has 5 N–H and O–H groups in total. The number of nitrogens with two attached hydrogens (primary N) is 1. The zero-order valence-electron chi connectivity index (χ0n) is 23.0. The summed E-state index contributed by atoms with van der Waals surface area (Å²) in [6.07, 6.45) is 1.92. The van der Waals surface area contributed by atoms with E-state index in [-0.39, 0.29) is 24.5 Å². The van der Waals surface area contributed by atoms with Gasteiger partial charge in [-0.3, -0.25) is 19.2 Å². The van der Waals surface area contributed by atoms with E-state index in [9.17, 15) is 19.2 Å². The average molecular weight is 607 g/mol. The molecule has 1 aromatic heterocycles. The van der Waals surface area contributed by atoms with Crippen molar-refractivity contribution in [1.82, 2.24) is 20.9 Å². The number of amides is 4. The highest BCUT2D eigenvalue weighted by atomic mass is 32.2. The van der Waals surface area contributed by atoms with Gasteiger partial charge in [-0.25, -0.2) is 4.98 Å². The summed E-state index contributed by atoms with van der Waals surface area (Å²) in [6, 6.07) is 15.4. The molecule has 0 spiro atoms. The molecule has 0 unspecified atom stereocenters. The molecule has 2 aromatic carbocycles. The van der Waals surface area contributed by atoms with Crippen molar-refractivity contribution in [2.75, 3.05) is 17.2 Å². The lowest BCUT2D eigenvalue weighted by Gasteiger charge is -2.27. The van der Waals surface area contributed by atoms with Crippen LogP contribution in [0.1, 0.15) is 29.7 Å². The molecule has 12 heteroatoms. The third kappa shape index (κ3) is 7.48. The molecule has 42 heavy (non-hydrogen) atoms. The summed E-state index contributed by atoms with van der Waals surface area (Å²) in [5, 5.41) is 11.3. The van der Waals surface area contributed by atoms with Gasteiger partial charge >= 0.3 is 0 Å². The Kier molecular flexibility index (Phi) is 9.75. The molecule has 10 nitrogen and oxygen atoms in total. The van der Waals surface area contributed by atoms with Crippen LogP contribution in [0, 0.1) is 0 Å².